The van der Waals surface area contributed by atoms with Gasteiger partial charge in [-0.15, -0.1) is 0 Å². The molecule has 0 atom stereocenters. The van der Waals surface area contributed by atoms with Gasteiger partial charge in [0.25, 0.3) is 10.0 Å². The number of sulfonamides is 1. The molecule has 0 unspecified atom stereocenters. The number of halogens is 1. The fraction of sp³-hybridized carbons (Fsp3) is 0.143. The summed E-state index contributed by atoms with van der Waals surface area (Å²) in [5.74, 6) is 0.106. The fourth-order valence-corrected chi connectivity index (χ4v) is 3.24. The number of phenols is 1. The van der Waals surface area contributed by atoms with E-state index >= 15 is 0 Å². The second kappa shape index (κ2) is 5.34. The summed E-state index contributed by atoms with van der Waals surface area (Å²) in [5, 5.41) is 9.95. The molecule has 0 aliphatic carbocycles. The normalized spacial score (nSPS) is 11.3. The molecule has 0 fully saturated rings. The molecular weight excluding hydrogens is 298 g/mol. The van der Waals surface area contributed by atoms with Crippen molar-refractivity contribution in [3.8, 4) is 5.75 Å². The van der Waals surface area contributed by atoms with Crippen molar-refractivity contribution in [1.82, 2.24) is 0 Å². The van der Waals surface area contributed by atoms with Gasteiger partial charge in [-0.25, -0.2) is 8.42 Å². The molecule has 0 aliphatic heterocycles. The Labute approximate surface area is 123 Å². The number of aryl methyl sites for hydroxylation is 2. The zero-order valence-electron chi connectivity index (χ0n) is 11.0. The van der Waals surface area contributed by atoms with Crippen molar-refractivity contribution in [3.05, 3.63) is 52.5 Å². The van der Waals surface area contributed by atoms with Crippen LogP contribution >= 0.6 is 11.6 Å². The number of nitrogens with one attached hydrogen (secondary N) is 1. The van der Waals surface area contributed by atoms with Gasteiger partial charge in [0.15, 0.2) is 0 Å². The van der Waals surface area contributed by atoms with E-state index < -0.39 is 10.0 Å². The highest BCUT2D eigenvalue weighted by Gasteiger charge is 2.16. The number of aromatic hydroxyl groups is 1. The minimum atomic E-state index is -3.68. The summed E-state index contributed by atoms with van der Waals surface area (Å²) in [4.78, 5) is 0.133. The second-order valence-corrected chi connectivity index (χ2v) is 6.63. The molecule has 0 saturated carbocycles. The van der Waals surface area contributed by atoms with Crippen LogP contribution in [-0.4, -0.2) is 13.5 Å². The molecule has 2 N–H and O–H groups in total. The average molecular weight is 312 g/mol. The predicted octanol–water partition coefficient (Wildman–Crippen LogP) is 3.46. The first-order valence-electron chi connectivity index (χ1n) is 5.88. The molecule has 0 heterocycles. The van der Waals surface area contributed by atoms with E-state index in [-0.39, 0.29) is 10.6 Å². The van der Waals surface area contributed by atoms with E-state index in [9.17, 15) is 13.5 Å². The minimum absolute atomic E-state index is 0.106. The molecule has 0 radical (unpaired) electrons. The molecule has 20 heavy (non-hydrogen) atoms. The monoisotopic (exact) mass is 311 g/mol. The van der Waals surface area contributed by atoms with E-state index in [1.165, 1.54) is 36.4 Å². The van der Waals surface area contributed by atoms with Crippen molar-refractivity contribution in [2.75, 3.05) is 4.72 Å². The molecule has 0 amide bonds. The summed E-state index contributed by atoms with van der Waals surface area (Å²) in [7, 11) is -3.68. The van der Waals surface area contributed by atoms with Gasteiger partial charge in [0, 0.05) is 5.02 Å². The van der Waals surface area contributed by atoms with Gasteiger partial charge < -0.3 is 5.11 Å². The van der Waals surface area contributed by atoms with E-state index in [0.717, 1.165) is 0 Å². The summed E-state index contributed by atoms with van der Waals surface area (Å²) in [6.45, 7) is 3.46. The Morgan fingerprint density at radius 1 is 1.05 bits per heavy atom. The van der Waals surface area contributed by atoms with Crippen LogP contribution in [0, 0.1) is 13.8 Å². The molecule has 106 valence electrons. The van der Waals surface area contributed by atoms with E-state index in [0.29, 0.717) is 21.8 Å². The van der Waals surface area contributed by atoms with Crippen molar-refractivity contribution in [2.45, 2.75) is 18.7 Å². The molecule has 0 aliphatic rings. The molecule has 2 rings (SSSR count). The first-order valence-corrected chi connectivity index (χ1v) is 7.74. The molecule has 2 aromatic carbocycles. The Hall–Kier alpha value is -1.72. The van der Waals surface area contributed by atoms with Crippen LogP contribution in [0.15, 0.2) is 41.3 Å². The van der Waals surface area contributed by atoms with Gasteiger partial charge in [0.1, 0.15) is 5.75 Å². The first-order chi connectivity index (χ1) is 9.29. The van der Waals surface area contributed by atoms with Crippen molar-refractivity contribution in [1.29, 1.82) is 0 Å². The fourth-order valence-electron chi connectivity index (χ4n) is 1.91. The highest BCUT2D eigenvalue weighted by molar-refractivity contribution is 7.92. The summed E-state index contributed by atoms with van der Waals surface area (Å²) < 4.78 is 27.1. The lowest BCUT2D eigenvalue weighted by atomic mass is 10.1. The zero-order valence-corrected chi connectivity index (χ0v) is 12.6. The predicted molar refractivity (Wildman–Crippen MR) is 79.8 cm³/mol. The molecular formula is C14H14ClNO3S. The summed E-state index contributed by atoms with van der Waals surface area (Å²) in [6.07, 6.45) is 0. The van der Waals surface area contributed by atoms with E-state index in [1.807, 2.05) is 0 Å². The molecule has 0 spiro atoms. The van der Waals surface area contributed by atoms with Crippen LogP contribution in [0.1, 0.15) is 11.1 Å². The molecule has 0 aromatic heterocycles. The Morgan fingerprint density at radius 2 is 1.55 bits per heavy atom. The quantitative estimate of drug-likeness (QED) is 0.853. The SMILES string of the molecule is Cc1cc(O)cc(C)c1NS(=O)(=O)c1ccc(Cl)cc1. The lowest BCUT2D eigenvalue weighted by Gasteiger charge is -2.13. The molecule has 6 heteroatoms. The Balaban J connectivity index is 2.41. The highest BCUT2D eigenvalue weighted by Crippen LogP contribution is 2.28. The van der Waals surface area contributed by atoms with Gasteiger partial charge in [-0.1, -0.05) is 11.6 Å². The van der Waals surface area contributed by atoms with Gasteiger partial charge in [-0.05, 0) is 61.4 Å². The van der Waals surface area contributed by atoms with Gasteiger partial charge in [0.2, 0.25) is 0 Å². The number of rotatable bonds is 3. The van der Waals surface area contributed by atoms with Crippen molar-refractivity contribution >= 4 is 27.3 Å². The van der Waals surface area contributed by atoms with Crippen LogP contribution in [0.3, 0.4) is 0 Å². The van der Waals surface area contributed by atoms with Crippen LogP contribution in [0.5, 0.6) is 5.75 Å². The maximum atomic E-state index is 12.3. The standard InChI is InChI=1S/C14H14ClNO3S/c1-9-7-12(17)8-10(2)14(9)16-20(18,19)13-5-3-11(15)4-6-13/h3-8,16-17H,1-2H3. The number of phenolic OH excluding ortho intramolecular Hbond substituents is 1. The Kier molecular flexibility index (Phi) is 3.92. The van der Waals surface area contributed by atoms with Crippen molar-refractivity contribution < 1.29 is 13.5 Å². The topological polar surface area (TPSA) is 66.4 Å². The van der Waals surface area contributed by atoms with Crippen LogP contribution in [0.25, 0.3) is 0 Å². The number of anilines is 1. The van der Waals surface area contributed by atoms with Crippen molar-refractivity contribution in [3.63, 3.8) is 0 Å². The average Bonchev–Trinajstić information content (AvgIpc) is 2.34. The number of benzene rings is 2. The smallest absolute Gasteiger partial charge is 0.261 e. The van der Waals surface area contributed by atoms with Crippen molar-refractivity contribution in [2.24, 2.45) is 0 Å². The van der Waals surface area contributed by atoms with Crippen LogP contribution in [-0.2, 0) is 10.0 Å². The molecule has 0 saturated heterocycles. The Morgan fingerprint density at radius 3 is 2.05 bits per heavy atom. The molecule has 0 bridgehead atoms. The third kappa shape index (κ3) is 3.05. The highest BCUT2D eigenvalue weighted by atomic mass is 35.5. The lowest BCUT2D eigenvalue weighted by Crippen LogP contribution is -2.14. The second-order valence-electron chi connectivity index (χ2n) is 4.51. The zero-order chi connectivity index (χ0) is 14.9. The largest absolute Gasteiger partial charge is 0.508 e. The third-order valence-electron chi connectivity index (χ3n) is 2.88. The van der Waals surface area contributed by atoms with E-state index in [1.54, 1.807) is 13.8 Å². The van der Waals surface area contributed by atoms with Crippen LogP contribution in [0.2, 0.25) is 5.02 Å². The van der Waals surface area contributed by atoms with Gasteiger partial charge in [-0.2, -0.15) is 0 Å². The summed E-state index contributed by atoms with van der Waals surface area (Å²) >= 11 is 5.75. The van der Waals surface area contributed by atoms with Crippen LogP contribution < -0.4 is 4.72 Å². The minimum Gasteiger partial charge on any atom is -0.508 e. The number of hydrogen-bond donors (Lipinski definition) is 2. The lowest BCUT2D eigenvalue weighted by molar-refractivity contribution is 0.474. The van der Waals surface area contributed by atoms with Gasteiger partial charge in [0.05, 0.1) is 10.6 Å². The number of hydrogen-bond acceptors (Lipinski definition) is 3. The summed E-state index contributed by atoms with van der Waals surface area (Å²) in [6, 6.07) is 8.93. The van der Waals surface area contributed by atoms with Gasteiger partial charge in [-0.3, -0.25) is 4.72 Å². The van der Waals surface area contributed by atoms with E-state index in [4.69, 9.17) is 11.6 Å². The maximum absolute atomic E-state index is 12.3. The van der Waals surface area contributed by atoms with E-state index in [2.05, 4.69) is 4.72 Å². The third-order valence-corrected chi connectivity index (χ3v) is 4.50. The van der Waals surface area contributed by atoms with Gasteiger partial charge >= 0.3 is 0 Å². The summed E-state index contributed by atoms with van der Waals surface area (Å²) in [5.41, 5.74) is 1.78. The first kappa shape index (κ1) is 14.7. The Bertz CT molecular complexity index is 717. The molecule has 2 aromatic rings. The van der Waals surface area contributed by atoms with Crippen LogP contribution in [0.4, 0.5) is 5.69 Å². The molecule has 4 nitrogen and oxygen atoms in total. The maximum Gasteiger partial charge on any atom is 0.261 e.